The average Bonchev–Trinajstić information content (AvgIpc) is 2.91. The number of carbonyl (C=O) groups is 3. The lowest BCUT2D eigenvalue weighted by Gasteiger charge is -2.41. The molecule has 6 nitrogen and oxygen atoms in total. The zero-order chi connectivity index (χ0) is 25.1. The van der Waals surface area contributed by atoms with Gasteiger partial charge in [-0.25, -0.2) is 4.98 Å². The van der Waals surface area contributed by atoms with E-state index in [1.54, 1.807) is 6.20 Å². The lowest BCUT2D eigenvalue weighted by atomic mass is 9.72. The normalized spacial score (nSPS) is 14.2. The average molecular weight is 474 g/mol. The predicted molar refractivity (Wildman–Crippen MR) is 138 cm³/mol. The maximum Gasteiger partial charge on any atom is 0.254 e. The molecule has 0 radical (unpaired) electrons. The minimum atomic E-state index is -0.0355. The largest absolute Gasteiger partial charge is 0.351 e. The number of carbonyl (C=O) groups excluding carboxylic acids is 3. The van der Waals surface area contributed by atoms with E-state index in [0.29, 0.717) is 12.1 Å². The van der Waals surface area contributed by atoms with E-state index >= 15 is 0 Å². The van der Waals surface area contributed by atoms with Crippen LogP contribution in [0.25, 0.3) is 0 Å². The molecule has 1 saturated heterocycles. The summed E-state index contributed by atoms with van der Waals surface area (Å²) in [5, 5.41) is 3.96. The number of amides is 1. The summed E-state index contributed by atoms with van der Waals surface area (Å²) in [6.07, 6.45) is 8.42. The van der Waals surface area contributed by atoms with Crippen LogP contribution in [0.1, 0.15) is 55.5 Å². The summed E-state index contributed by atoms with van der Waals surface area (Å²) in [4.78, 5) is 35.4. The highest BCUT2D eigenvalue weighted by atomic mass is 32.2. The van der Waals surface area contributed by atoms with E-state index < -0.39 is 0 Å². The zero-order valence-electron chi connectivity index (χ0n) is 20.5. The fourth-order valence-corrected chi connectivity index (χ4v) is 4.02. The van der Waals surface area contributed by atoms with E-state index in [2.05, 4.69) is 60.4 Å². The van der Waals surface area contributed by atoms with Crippen LogP contribution in [-0.4, -0.2) is 62.3 Å². The highest BCUT2D eigenvalue weighted by molar-refractivity contribution is 7.98. The molecule has 3 rings (SSSR count). The quantitative estimate of drug-likeness (QED) is 0.616. The Morgan fingerprint density at radius 1 is 1.03 bits per heavy atom. The molecule has 2 aromatic rings. The van der Waals surface area contributed by atoms with E-state index in [0.717, 1.165) is 31.0 Å². The van der Waals surface area contributed by atoms with Crippen LogP contribution in [0.5, 0.6) is 0 Å². The first-order valence-electron chi connectivity index (χ1n) is 11.1. The van der Waals surface area contributed by atoms with Crippen molar-refractivity contribution in [1.82, 2.24) is 15.2 Å². The van der Waals surface area contributed by atoms with Gasteiger partial charge in [0.05, 0.1) is 5.56 Å². The number of thioether (sulfide) groups is 1. The van der Waals surface area contributed by atoms with Gasteiger partial charge < -0.3 is 19.8 Å². The number of piperidine rings is 1. The maximum absolute atomic E-state index is 12.7. The van der Waals surface area contributed by atoms with Crippen LogP contribution in [0.3, 0.4) is 0 Å². The second-order valence-electron chi connectivity index (χ2n) is 7.69. The van der Waals surface area contributed by atoms with Gasteiger partial charge in [-0.15, -0.1) is 11.8 Å². The molecule has 1 aliphatic rings. The van der Waals surface area contributed by atoms with Crippen molar-refractivity contribution in [3.05, 3.63) is 59.8 Å². The van der Waals surface area contributed by atoms with Crippen LogP contribution in [0, 0.1) is 0 Å². The smallest absolute Gasteiger partial charge is 0.254 e. The molecule has 0 aliphatic carbocycles. The number of hydrogen-bond acceptors (Lipinski definition) is 6. The van der Waals surface area contributed by atoms with Gasteiger partial charge in [-0.3, -0.25) is 4.79 Å². The van der Waals surface area contributed by atoms with E-state index in [9.17, 15) is 4.79 Å². The standard InChI is InChI=1S/C20H25N3OS.C4H10.2CH2O/c1-23-13-10-20(11-14-23,16-7-4-3-5-8-16)15-22-18(24)17-9-6-12-21-19(17)25-2;1-3-4-2;2*1-2/h3-9,12H,10-11,13-15H2,1-2H3,(H,22,24);3-4H2,1-2H3;2*1H2. The van der Waals surface area contributed by atoms with Crippen LogP contribution in [0.2, 0.25) is 0 Å². The molecule has 1 aromatic carbocycles. The number of likely N-dealkylation sites (tertiary alicyclic amines) is 1. The molecule has 1 amide bonds. The molecule has 1 aliphatic heterocycles. The van der Waals surface area contributed by atoms with E-state index in [1.165, 1.54) is 30.2 Å². The number of unbranched alkanes of at least 4 members (excludes halogenated alkanes) is 1. The summed E-state index contributed by atoms with van der Waals surface area (Å²) < 4.78 is 0. The van der Waals surface area contributed by atoms with E-state index in [-0.39, 0.29) is 11.3 Å². The lowest BCUT2D eigenvalue weighted by Crippen LogP contribution is -2.48. The van der Waals surface area contributed by atoms with Gasteiger partial charge in [0.15, 0.2) is 0 Å². The summed E-state index contributed by atoms with van der Waals surface area (Å²) in [6.45, 7) is 11.1. The molecule has 0 bridgehead atoms. The van der Waals surface area contributed by atoms with Gasteiger partial charge in [0.25, 0.3) is 5.91 Å². The fourth-order valence-electron chi connectivity index (χ4n) is 3.48. The topological polar surface area (TPSA) is 79.4 Å². The molecule has 7 heteroatoms. The Balaban J connectivity index is 0.00000113. The Kier molecular flexibility index (Phi) is 16.6. The van der Waals surface area contributed by atoms with Gasteiger partial charge in [-0.05, 0) is 56.9 Å². The number of benzene rings is 1. The molecule has 0 spiro atoms. The third kappa shape index (κ3) is 9.88. The second kappa shape index (κ2) is 18.0. The van der Waals surface area contributed by atoms with Crippen molar-refractivity contribution in [3.8, 4) is 0 Å². The number of rotatable bonds is 6. The van der Waals surface area contributed by atoms with Crippen LogP contribution in [-0.2, 0) is 15.0 Å². The molecule has 1 N–H and O–H groups in total. The summed E-state index contributed by atoms with van der Waals surface area (Å²) in [5.74, 6) is -0.0355. The Bertz CT molecular complexity index is 777. The molecular formula is C26H39N3O3S. The van der Waals surface area contributed by atoms with Crippen LogP contribution < -0.4 is 5.32 Å². The monoisotopic (exact) mass is 473 g/mol. The molecule has 182 valence electrons. The van der Waals surface area contributed by atoms with Crippen LogP contribution in [0.15, 0.2) is 53.7 Å². The Hall–Kier alpha value is -2.51. The van der Waals surface area contributed by atoms with E-state index in [4.69, 9.17) is 9.59 Å². The van der Waals surface area contributed by atoms with Crippen molar-refractivity contribution >= 4 is 31.2 Å². The van der Waals surface area contributed by atoms with Crippen molar-refractivity contribution in [1.29, 1.82) is 0 Å². The van der Waals surface area contributed by atoms with Gasteiger partial charge >= 0.3 is 0 Å². The van der Waals surface area contributed by atoms with Crippen molar-refractivity contribution in [2.24, 2.45) is 0 Å². The Labute approximate surface area is 203 Å². The number of nitrogens with one attached hydrogen (secondary N) is 1. The highest BCUT2D eigenvalue weighted by Gasteiger charge is 2.35. The van der Waals surface area contributed by atoms with Crippen molar-refractivity contribution in [3.63, 3.8) is 0 Å². The highest BCUT2D eigenvalue weighted by Crippen LogP contribution is 2.34. The fraction of sp³-hybridized carbons (Fsp3) is 0.462. The number of nitrogens with zero attached hydrogens (tertiary/aromatic N) is 2. The molecule has 2 heterocycles. The van der Waals surface area contributed by atoms with Crippen LogP contribution in [0.4, 0.5) is 0 Å². The molecule has 1 aromatic heterocycles. The maximum atomic E-state index is 12.7. The van der Waals surface area contributed by atoms with Crippen molar-refractivity contribution in [2.75, 3.05) is 32.9 Å². The van der Waals surface area contributed by atoms with E-state index in [1.807, 2.05) is 38.0 Å². The predicted octanol–water partition coefficient (Wildman–Crippen LogP) is 4.63. The Morgan fingerprint density at radius 2 is 1.61 bits per heavy atom. The molecule has 33 heavy (non-hydrogen) atoms. The number of aromatic nitrogens is 1. The number of hydrogen-bond donors (Lipinski definition) is 1. The SMILES string of the molecule is C=O.C=O.CCCC.CSc1ncccc1C(=O)NCC1(c2ccccc2)CCN(C)CC1. The van der Waals surface area contributed by atoms with Crippen molar-refractivity contribution < 1.29 is 14.4 Å². The summed E-state index contributed by atoms with van der Waals surface area (Å²) in [6, 6.07) is 14.3. The first-order valence-corrected chi connectivity index (χ1v) is 12.4. The zero-order valence-corrected chi connectivity index (χ0v) is 21.3. The van der Waals surface area contributed by atoms with Gasteiger partial charge in [-0.1, -0.05) is 57.0 Å². The van der Waals surface area contributed by atoms with Gasteiger partial charge in [-0.2, -0.15) is 0 Å². The molecule has 0 unspecified atom stereocenters. The summed E-state index contributed by atoms with van der Waals surface area (Å²) in [5.41, 5.74) is 1.98. The molecule has 0 saturated carbocycles. The number of pyridine rings is 1. The van der Waals surface area contributed by atoms with Gasteiger partial charge in [0.2, 0.25) is 0 Å². The van der Waals surface area contributed by atoms with Crippen LogP contribution >= 0.6 is 11.8 Å². The molecule has 0 atom stereocenters. The first kappa shape index (κ1) is 30.5. The van der Waals surface area contributed by atoms with Gasteiger partial charge in [0, 0.05) is 18.2 Å². The molecular weight excluding hydrogens is 434 g/mol. The third-order valence-corrected chi connectivity index (χ3v) is 6.34. The van der Waals surface area contributed by atoms with Gasteiger partial charge in [0.1, 0.15) is 18.6 Å². The minimum Gasteiger partial charge on any atom is -0.351 e. The summed E-state index contributed by atoms with van der Waals surface area (Å²) >= 11 is 1.50. The third-order valence-electron chi connectivity index (χ3n) is 5.63. The minimum absolute atomic E-state index is 0.00512. The summed E-state index contributed by atoms with van der Waals surface area (Å²) in [7, 11) is 2.16. The Morgan fingerprint density at radius 3 is 2.12 bits per heavy atom. The lowest BCUT2D eigenvalue weighted by molar-refractivity contribution is -0.0987. The first-order chi connectivity index (χ1) is 16.1. The second-order valence-corrected chi connectivity index (χ2v) is 8.49. The van der Waals surface area contributed by atoms with Crippen molar-refractivity contribution in [2.45, 2.75) is 50.0 Å². The molecule has 1 fully saturated rings.